The summed E-state index contributed by atoms with van der Waals surface area (Å²) in [6, 6.07) is 7.88. The molecule has 0 spiro atoms. The van der Waals surface area contributed by atoms with Crippen LogP contribution < -0.4 is 0 Å². The Morgan fingerprint density at radius 1 is 1.27 bits per heavy atom. The number of allylic oxidation sites excluding steroid dienone is 2. The van der Waals surface area contributed by atoms with Crippen LogP contribution in [0.15, 0.2) is 36.4 Å². The fourth-order valence-corrected chi connectivity index (χ4v) is 3.31. The number of fused-ring (bicyclic) bond motifs is 1. The Hall–Kier alpha value is -2.01. The Balaban J connectivity index is 0.000000396. The van der Waals surface area contributed by atoms with E-state index in [1.807, 2.05) is 24.3 Å². The van der Waals surface area contributed by atoms with Crippen molar-refractivity contribution in [3.05, 3.63) is 41.4 Å². The van der Waals surface area contributed by atoms with Crippen LogP contribution in [0, 0.1) is 5.92 Å². The zero-order chi connectivity index (χ0) is 15.9. The highest BCUT2D eigenvalue weighted by atomic mass is 32.1. The Morgan fingerprint density at radius 3 is 2.55 bits per heavy atom. The normalized spacial score (nSPS) is 15.0. The average molecular weight is 317 g/mol. The van der Waals surface area contributed by atoms with Gasteiger partial charge in [-0.1, -0.05) is 31.1 Å². The molecule has 0 atom stereocenters. The van der Waals surface area contributed by atoms with E-state index in [2.05, 4.69) is 11.1 Å². The summed E-state index contributed by atoms with van der Waals surface area (Å²) in [4.78, 5) is 25.4. The molecule has 22 heavy (non-hydrogen) atoms. The van der Waals surface area contributed by atoms with E-state index in [1.165, 1.54) is 37.0 Å². The highest BCUT2D eigenvalue weighted by molar-refractivity contribution is 7.20. The van der Waals surface area contributed by atoms with Gasteiger partial charge in [0.25, 0.3) is 5.97 Å². The van der Waals surface area contributed by atoms with Gasteiger partial charge in [0.2, 0.25) is 5.78 Å². The van der Waals surface area contributed by atoms with Crippen molar-refractivity contribution in [2.45, 2.75) is 32.6 Å². The molecular weight excluding hydrogens is 298 g/mol. The van der Waals surface area contributed by atoms with Gasteiger partial charge in [-0.3, -0.25) is 9.59 Å². The number of aromatic nitrogens is 1. The van der Waals surface area contributed by atoms with E-state index in [1.54, 1.807) is 6.08 Å². The fraction of sp³-hybridized carbons (Fsp3) is 0.353. The monoisotopic (exact) mass is 317 g/mol. The molecule has 0 aliphatic heterocycles. The number of thiazole rings is 1. The number of carboxylic acids is 1. The van der Waals surface area contributed by atoms with Gasteiger partial charge in [-0.05, 0) is 37.0 Å². The lowest BCUT2D eigenvalue weighted by molar-refractivity contribution is -0.134. The summed E-state index contributed by atoms with van der Waals surface area (Å²) in [5, 5.41) is 8.02. The minimum absolute atomic E-state index is 0.0445. The number of hydrogen-bond donors (Lipinski definition) is 1. The van der Waals surface area contributed by atoms with Crippen LogP contribution >= 0.6 is 11.3 Å². The van der Waals surface area contributed by atoms with Crippen LogP contribution in [0.4, 0.5) is 0 Å². The standard InChI is InChI=1S/C15H15NOS.C2H4O2/c17-13(10-9-11-5-1-2-6-11)15-16-12-7-3-4-8-14(12)18-15;1-2(3)4/h3-4,7-11H,1-2,5-6H2;1H3,(H,3,4)/b10-9+;. The molecule has 3 rings (SSSR count). The lowest BCUT2D eigenvalue weighted by Gasteiger charge is -1.98. The molecule has 1 N–H and O–H groups in total. The number of aliphatic carboxylic acids is 1. The molecule has 0 radical (unpaired) electrons. The number of nitrogens with zero attached hydrogens (tertiary/aromatic N) is 1. The Kier molecular flexibility index (Phi) is 5.83. The average Bonchev–Trinajstić information content (AvgIpc) is 3.13. The highest BCUT2D eigenvalue weighted by Gasteiger charge is 2.13. The number of hydrogen-bond acceptors (Lipinski definition) is 4. The molecule has 1 aliphatic carbocycles. The van der Waals surface area contributed by atoms with Gasteiger partial charge in [0.15, 0.2) is 5.01 Å². The highest BCUT2D eigenvalue weighted by Crippen LogP contribution is 2.26. The lowest BCUT2D eigenvalue weighted by atomic mass is 10.1. The molecule has 1 saturated carbocycles. The van der Waals surface area contributed by atoms with Crippen LogP contribution in [0.3, 0.4) is 0 Å². The third-order valence-corrected chi connectivity index (χ3v) is 4.48. The van der Waals surface area contributed by atoms with Crippen LogP contribution in [-0.2, 0) is 4.79 Å². The van der Waals surface area contributed by atoms with Gasteiger partial charge >= 0.3 is 0 Å². The second kappa shape index (κ2) is 7.84. The van der Waals surface area contributed by atoms with E-state index in [0.717, 1.165) is 17.1 Å². The fourth-order valence-electron chi connectivity index (χ4n) is 2.42. The van der Waals surface area contributed by atoms with Crippen molar-refractivity contribution in [2.24, 2.45) is 5.92 Å². The number of para-hydroxylation sites is 1. The van der Waals surface area contributed by atoms with E-state index in [9.17, 15) is 4.79 Å². The maximum Gasteiger partial charge on any atom is 0.300 e. The zero-order valence-electron chi connectivity index (χ0n) is 12.5. The van der Waals surface area contributed by atoms with E-state index in [0.29, 0.717) is 10.9 Å². The molecule has 2 aromatic rings. The Bertz CT molecular complexity index is 647. The summed E-state index contributed by atoms with van der Waals surface area (Å²) in [6.45, 7) is 1.08. The first-order valence-electron chi connectivity index (χ1n) is 7.34. The van der Waals surface area contributed by atoms with Crippen molar-refractivity contribution in [3.8, 4) is 0 Å². The van der Waals surface area contributed by atoms with Crippen molar-refractivity contribution in [3.63, 3.8) is 0 Å². The molecule has 1 aromatic heterocycles. The molecule has 1 fully saturated rings. The molecule has 1 aromatic carbocycles. The summed E-state index contributed by atoms with van der Waals surface area (Å²) in [5.74, 6) is -0.188. The number of benzene rings is 1. The van der Waals surface area contributed by atoms with Gasteiger partial charge in [-0.15, -0.1) is 11.3 Å². The van der Waals surface area contributed by atoms with Gasteiger partial charge in [0.1, 0.15) is 0 Å². The van der Waals surface area contributed by atoms with E-state index >= 15 is 0 Å². The van der Waals surface area contributed by atoms with Gasteiger partial charge in [0, 0.05) is 6.92 Å². The van der Waals surface area contributed by atoms with Crippen molar-refractivity contribution >= 4 is 33.3 Å². The molecule has 0 unspecified atom stereocenters. The van der Waals surface area contributed by atoms with Crippen LogP contribution in [0.1, 0.15) is 42.4 Å². The van der Waals surface area contributed by atoms with Crippen molar-refractivity contribution < 1.29 is 14.7 Å². The van der Waals surface area contributed by atoms with Gasteiger partial charge in [0.05, 0.1) is 10.2 Å². The smallest absolute Gasteiger partial charge is 0.300 e. The first-order valence-corrected chi connectivity index (χ1v) is 8.15. The number of carboxylic acid groups (broad SMARTS) is 1. The van der Waals surface area contributed by atoms with Crippen molar-refractivity contribution in [1.29, 1.82) is 0 Å². The molecule has 4 nitrogen and oxygen atoms in total. The molecule has 1 heterocycles. The third-order valence-electron chi connectivity index (χ3n) is 3.42. The van der Waals surface area contributed by atoms with Crippen LogP contribution in [0.2, 0.25) is 0 Å². The Morgan fingerprint density at radius 2 is 1.91 bits per heavy atom. The molecule has 0 bridgehead atoms. The summed E-state index contributed by atoms with van der Waals surface area (Å²) < 4.78 is 1.08. The largest absolute Gasteiger partial charge is 0.481 e. The van der Waals surface area contributed by atoms with Crippen LogP contribution in [-0.4, -0.2) is 21.8 Å². The Labute approximate surface area is 133 Å². The van der Waals surface area contributed by atoms with E-state index < -0.39 is 5.97 Å². The molecule has 5 heteroatoms. The summed E-state index contributed by atoms with van der Waals surface area (Å²) >= 11 is 1.48. The minimum Gasteiger partial charge on any atom is -0.481 e. The topological polar surface area (TPSA) is 67.3 Å². The number of carbonyl (C=O) groups is 2. The van der Waals surface area contributed by atoms with Crippen LogP contribution in [0.5, 0.6) is 0 Å². The predicted octanol–water partition coefficient (Wildman–Crippen LogP) is 4.32. The first kappa shape index (κ1) is 16.4. The number of carbonyl (C=O) groups excluding carboxylic acids is 1. The summed E-state index contributed by atoms with van der Waals surface area (Å²) in [5.41, 5.74) is 0.917. The van der Waals surface area contributed by atoms with Crippen molar-refractivity contribution in [2.75, 3.05) is 0 Å². The predicted molar refractivity (Wildman–Crippen MR) is 88.4 cm³/mol. The van der Waals surface area contributed by atoms with E-state index in [-0.39, 0.29) is 5.78 Å². The zero-order valence-corrected chi connectivity index (χ0v) is 13.3. The third kappa shape index (κ3) is 4.77. The van der Waals surface area contributed by atoms with Gasteiger partial charge in [-0.25, -0.2) is 4.98 Å². The van der Waals surface area contributed by atoms with E-state index in [4.69, 9.17) is 9.90 Å². The molecule has 1 aliphatic rings. The minimum atomic E-state index is -0.833. The van der Waals surface area contributed by atoms with Crippen LogP contribution in [0.25, 0.3) is 10.2 Å². The van der Waals surface area contributed by atoms with Gasteiger partial charge in [-0.2, -0.15) is 0 Å². The lowest BCUT2D eigenvalue weighted by Crippen LogP contribution is -1.95. The van der Waals surface area contributed by atoms with Crippen molar-refractivity contribution in [1.82, 2.24) is 4.98 Å². The molecule has 0 saturated heterocycles. The maximum absolute atomic E-state index is 12.0. The quantitative estimate of drug-likeness (QED) is 0.676. The number of rotatable bonds is 3. The first-order chi connectivity index (χ1) is 10.6. The molecule has 0 amide bonds. The number of ketones is 1. The molecule has 116 valence electrons. The van der Waals surface area contributed by atoms with Gasteiger partial charge < -0.3 is 5.11 Å². The second-order valence-electron chi connectivity index (χ2n) is 5.27. The summed E-state index contributed by atoms with van der Waals surface area (Å²) in [6.07, 6.45) is 8.83. The SMILES string of the molecule is CC(=O)O.O=C(/C=C/C1CCCC1)c1nc2ccccc2s1. The second-order valence-corrected chi connectivity index (χ2v) is 6.30. The maximum atomic E-state index is 12.0. The molecular formula is C17H19NO3S. The summed E-state index contributed by atoms with van der Waals surface area (Å²) in [7, 11) is 0.